The minimum absolute atomic E-state index is 0.127. The summed E-state index contributed by atoms with van der Waals surface area (Å²) in [5.41, 5.74) is 0.712. The van der Waals surface area contributed by atoms with Crippen molar-refractivity contribution in [2.45, 2.75) is 6.92 Å². The van der Waals surface area contributed by atoms with Crippen molar-refractivity contribution in [3.63, 3.8) is 0 Å². The zero-order chi connectivity index (χ0) is 10.7. The van der Waals surface area contributed by atoms with Crippen molar-refractivity contribution >= 4 is 21.7 Å². The fourth-order valence-electron chi connectivity index (χ4n) is 1.11. The molecule has 1 rings (SSSR count). The van der Waals surface area contributed by atoms with Crippen molar-refractivity contribution in [2.24, 2.45) is 0 Å². The number of halogens is 2. The maximum Gasteiger partial charge on any atom is 0.173 e. The molecule has 4 heteroatoms. The maximum absolute atomic E-state index is 13.2. The quantitative estimate of drug-likeness (QED) is 0.602. The number of hydrogen-bond donors (Lipinski definition) is 0. The number of nitriles is 1. The zero-order valence-electron chi connectivity index (χ0n) is 7.47. The van der Waals surface area contributed by atoms with Gasteiger partial charge in [0.15, 0.2) is 5.78 Å². The van der Waals surface area contributed by atoms with E-state index in [0.717, 1.165) is 6.07 Å². The van der Waals surface area contributed by atoms with Crippen LogP contribution in [0.3, 0.4) is 0 Å². The Balaban J connectivity index is 3.36. The molecular weight excluding hydrogens is 249 g/mol. The molecule has 0 saturated carbocycles. The highest BCUT2D eigenvalue weighted by Gasteiger charge is 2.12. The number of benzene rings is 1. The molecule has 0 heterocycles. The Hall–Kier alpha value is -1.21. The van der Waals surface area contributed by atoms with Crippen molar-refractivity contribution in [1.82, 2.24) is 0 Å². The molecule has 0 aromatic heterocycles. The standard InChI is InChI=1S/C10H7BrFNO/c1-6-8(10(14)4-11)2-7(5-13)3-9(6)12/h2-3H,4H2,1H3. The van der Waals surface area contributed by atoms with Crippen molar-refractivity contribution in [3.05, 3.63) is 34.6 Å². The summed E-state index contributed by atoms with van der Waals surface area (Å²) in [5.74, 6) is -0.744. The molecule has 0 aliphatic heterocycles. The summed E-state index contributed by atoms with van der Waals surface area (Å²) in [6.45, 7) is 1.52. The van der Waals surface area contributed by atoms with E-state index in [1.165, 1.54) is 13.0 Å². The third kappa shape index (κ3) is 1.99. The second-order valence-electron chi connectivity index (χ2n) is 2.80. The highest BCUT2D eigenvalue weighted by molar-refractivity contribution is 9.09. The van der Waals surface area contributed by atoms with Crippen LogP contribution < -0.4 is 0 Å². The third-order valence-electron chi connectivity index (χ3n) is 1.90. The fourth-order valence-corrected chi connectivity index (χ4v) is 1.41. The second-order valence-corrected chi connectivity index (χ2v) is 3.36. The minimum Gasteiger partial charge on any atom is -0.293 e. The summed E-state index contributed by atoms with van der Waals surface area (Å²) >= 11 is 3.00. The summed E-state index contributed by atoms with van der Waals surface area (Å²) in [5, 5.41) is 8.72. The lowest BCUT2D eigenvalue weighted by Crippen LogP contribution is -2.05. The number of hydrogen-bond acceptors (Lipinski definition) is 2. The minimum atomic E-state index is -0.520. The highest BCUT2D eigenvalue weighted by Crippen LogP contribution is 2.16. The molecule has 72 valence electrons. The first-order valence-corrected chi connectivity index (χ1v) is 5.01. The monoisotopic (exact) mass is 255 g/mol. The summed E-state index contributed by atoms with van der Waals surface area (Å²) < 4.78 is 13.2. The van der Waals surface area contributed by atoms with E-state index in [1.54, 1.807) is 6.07 Å². The first-order valence-electron chi connectivity index (χ1n) is 3.89. The molecule has 0 aliphatic rings. The molecule has 0 aliphatic carbocycles. The number of nitrogens with zero attached hydrogens (tertiary/aromatic N) is 1. The van der Waals surface area contributed by atoms with Gasteiger partial charge in [0, 0.05) is 5.56 Å². The van der Waals surface area contributed by atoms with Crippen molar-refractivity contribution < 1.29 is 9.18 Å². The average molecular weight is 256 g/mol. The van der Waals surface area contributed by atoms with Crippen molar-refractivity contribution in [3.8, 4) is 6.07 Å². The maximum atomic E-state index is 13.2. The molecule has 0 spiro atoms. The van der Waals surface area contributed by atoms with E-state index >= 15 is 0 Å². The summed E-state index contributed by atoms with van der Waals surface area (Å²) in [4.78, 5) is 11.3. The van der Waals surface area contributed by atoms with Gasteiger partial charge in [-0.3, -0.25) is 4.79 Å². The summed E-state index contributed by atoms with van der Waals surface area (Å²) in [6.07, 6.45) is 0. The van der Waals surface area contributed by atoms with Gasteiger partial charge < -0.3 is 0 Å². The van der Waals surface area contributed by atoms with E-state index in [2.05, 4.69) is 15.9 Å². The summed E-state index contributed by atoms with van der Waals surface area (Å²) in [7, 11) is 0. The number of rotatable bonds is 2. The van der Waals surface area contributed by atoms with Gasteiger partial charge in [0.05, 0.1) is 17.0 Å². The van der Waals surface area contributed by atoms with E-state index in [4.69, 9.17) is 5.26 Å². The topological polar surface area (TPSA) is 40.9 Å². The van der Waals surface area contributed by atoms with Gasteiger partial charge in [-0.15, -0.1) is 0 Å². The zero-order valence-corrected chi connectivity index (χ0v) is 9.06. The van der Waals surface area contributed by atoms with Crippen LogP contribution >= 0.6 is 15.9 Å². The van der Waals surface area contributed by atoms with Crippen LogP contribution in [0.5, 0.6) is 0 Å². The Kier molecular flexibility index (Phi) is 3.37. The van der Waals surface area contributed by atoms with Crippen LogP contribution in [-0.4, -0.2) is 11.1 Å². The van der Waals surface area contributed by atoms with Gasteiger partial charge in [-0.25, -0.2) is 4.39 Å². The number of Topliss-reactive ketones (excluding diaryl/α,β-unsaturated/α-hetero) is 1. The molecule has 14 heavy (non-hydrogen) atoms. The van der Waals surface area contributed by atoms with Gasteiger partial charge in [-0.1, -0.05) is 15.9 Å². The molecule has 0 bridgehead atoms. The van der Waals surface area contributed by atoms with Crippen LogP contribution in [0.1, 0.15) is 21.5 Å². The Morgan fingerprint density at radius 2 is 2.29 bits per heavy atom. The average Bonchev–Trinajstić information content (AvgIpc) is 2.20. The molecule has 0 radical (unpaired) electrons. The van der Waals surface area contributed by atoms with E-state index in [0.29, 0.717) is 0 Å². The second kappa shape index (κ2) is 4.34. The van der Waals surface area contributed by atoms with Gasteiger partial charge in [0.25, 0.3) is 0 Å². The first-order chi connectivity index (χ1) is 6.60. The molecule has 0 N–H and O–H groups in total. The Bertz CT molecular complexity index is 423. The van der Waals surface area contributed by atoms with Gasteiger partial charge in [0.1, 0.15) is 5.82 Å². The van der Waals surface area contributed by atoms with Crippen LogP contribution in [0.15, 0.2) is 12.1 Å². The Morgan fingerprint density at radius 3 is 2.79 bits per heavy atom. The van der Waals surface area contributed by atoms with Crippen molar-refractivity contribution in [2.75, 3.05) is 5.33 Å². The lowest BCUT2D eigenvalue weighted by molar-refractivity contribution is 0.102. The molecule has 0 amide bonds. The first kappa shape index (κ1) is 10.9. The number of ketones is 1. The summed E-state index contributed by atoms with van der Waals surface area (Å²) in [6, 6.07) is 4.34. The fraction of sp³-hybridized carbons (Fsp3) is 0.200. The van der Waals surface area contributed by atoms with E-state index < -0.39 is 5.82 Å². The lowest BCUT2D eigenvalue weighted by atomic mass is 10.0. The molecule has 0 saturated heterocycles. The molecule has 0 atom stereocenters. The Labute approximate surface area is 89.5 Å². The Morgan fingerprint density at radius 1 is 1.64 bits per heavy atom. The van der Waals surface area contributed by atoms with E-state index in [9.17, 15) is 9.18 Å². The molecular formula is C10H7BrFNO. The largest absolute Gasteiger partial charge is 0.293 e. The van der Waals surface area contributed by atoms with Gasteiger partial charge in [-0.05, 0) is 24.6 Å². The molecule has 1 aromatic carbocycles. The van der Waals surface area contributed by atoms with Crippen LogP contribution in [0.25, 0.3) is 0 Å². The number of carbonyl (C=O) groups is 1. The third-order valence-corrected chi connectivity index (χ3v) is 2.40. The van der Waals surface area contributed by atoms with E-state index in [-0.39, 0.29) is 27.8 Å². The molecule has 2 nitrogen and oxygen atoms in total. The van der Waals surface area contributed by atoms with Crippen LogP contribution in [0, 0.1) is 24.1 Å². The predicted octanol–water partition coefficient (Wildman–Crippen LogP) is 2.58. The van der Waals surface area contributed by atoms with Crippen molar-refractivity contribution in [1.29, 1.82) is 5.26 Å². The highest BCUT2D eigenvalue weighted by atomic mass is 79.9. The normalized spacial score (nSPS) is 9.57. The van der Waals surface area contributed by atoms with Crippen LogP contribution in [0.2, 0.25) is 0 Å². The number of alkyl halides is 1. The van der Waals surface area contributed by atoms with Crippen LogP contribution in [-0.2, 0) is 0 Å². The van der Waals surface area contributed by atoms with Gasteiger partial charge in [0.2, 0.25) is 0 Å². The lowest BCUT2D eigenvalue weighted by Gasteiger charge is -2.04. The van der Waals surface area contributed by atoms with Crippen LogP contribution in [0.4, 0.5) is 4.39 Å². The molecule has 1 aromatic rings. The molecule has 0 unspecified atom stereocenters. The molecule has 0 fully saturated rings. The number of carbonyl (C=O) groups excluding carboxylic acids is 1. The predicted molar refractivity (Wildman–Crippen MR) is 54.0 cm³/mol. The van der Waals surface area contributed by atoms with Gasteiger partial charge in [-0.2, -0.15) is 5.26 Å². The van der Waals surface area contributed by atoms with E-state index in [1.807, 2.05) is 0 Å². The smallest absolute Gasteiger partial charge is 0.173 e. The SMILES string of the molecule is Cc1c(F)cc(C#N)cc1C(=O)CBr. The van der Waals surface area contributed by atoms with Gasteiger partial charge >= 0.3 is 0 Å².